The van der Waals surface area contributed by atoms with Gasteiger partial charge in [-0.1, -0.05) is 11.3 Å². The number of hydrogen-bond donors (Lipinski definition) is 2. The molecule has 25 heavy (non-hydrogen) atoms. The first-order valence-electron chi connectivity index (χ1n) is 7.02. The van der Waals surface area contributed by atoms with Gasteiger partial charge in [-0.25, -0.2) is 23.1 Å². The average Bonchev–Trinajstić information content (AvgIpc) is 3.18. The number of carbonyl (C=O) groups excluding carboxylic acids is 1. The fourth-order valence-corrected chi connectivity index (χ4v) is 4.88. The highest BCUT2D eigenvalue weighted by atomic mass is 32.2. The summed E-state index contributed by atoms with van der Waals surface area (Å²) in [6.07, 6.45) is 2.57. The number of thiazole rings is 1. The molecule has 3 heterocycles. The first kappa shape index (κ1) is 17.7. The highest BCUT2D eigenvalue weighted by Gasteiger charge is 2.18. The molecule has 0 radical (unpaired) electrons. The molecule has 3 aromatic heterocycles. The van der Waals surface area contributed by atoms with Crippen molar-refractivity contribution in [3.05, 3.63) is 34.3 Å². The minimum absolute atomic E-state index is 0.0185. The molecule has 2 N–H and O–H groups in total. The van der Waals surface area contributed by atoms with E-state index in [1.165, 1.54) is 35.4 Å². The van der Waals surface area contributed by atoms with Crippen LogP contribution in [-0.4, -0.2) is 35.4 Å². The van der Waals surface area contributed by atoms with E-state index in [-0.39, 0.29) is 33.9 Å². The van der Waals surface area contributed by atoms with E-state index in [9.17, 15) is 18.0 Å². The van der Waals surface area contributed by atoms with E-state index in [4.69, 9.17) is 0 Å². The van der Waals surface area contributed by atoms with Gasteiger partial charge < -0.3 is 5.32 Å². The largest absolute Gasteiger partial charge is 0.302 e. The molecule has 1 amide bonds. The van der Waals surface area contributed by atoms with E-state index < -0.39 is 10.0 Å². The number of thiophene rings is 1. The van der Waals surface area contributed by atoms with E-state index in [0.717, 1.165) is 11.3 Å². The third kappa shape index (κ3) is 3.92. The van der Waals surface area contributed by atoms with Gasteiger partial charge in [-0.2, -0.15) is 0 Å². The van der Waals surface area contributed by atoms with Gasteiger partial charge >= 0.3 is 0 Å². The van der Waals surface area contributed by atoms with Gasteiger partial charge in [-0.3, -0.25) is 14.2 Å². The molecule has 0 bridgehead atoms. The second-order valence-corrected chi connectivity index (χ2v) is 8.86. The summed E-state index contributed by atoms with van der Waals surface area (Å²) in [4.78, 5) is 31.8. The van der Waals surface area contributed by atoms with Crippen molar-refractivity contribution in [1.82, 2.24) is 19.3 Å². The molecule has 0 aliphatic heterocycles. The normalized spacial score (nSPS) is 11.7. The maximum atomic E-state index is 12.2. The standard InChI is InChI=1S/C13H13N5O4S3/c1-8(19)17-13-14-6-10(24-13)25(21,22)16-3-4-18-7-15-11-9(12(18)20)2-5-23-11/h2,5-7,16H,3-4H2,1H3,(H,14,17,19). The van der Waals surface area contributed by atoms with Gasteiger partial charge in [-0.05, 0) is 11.4 Å². The number of amides is 1. The number of nitrogens with one attached hydrogen (secondary N) is 2. The van der Waals surface area contributed by atoms with E-state index in [2.05, 4.69) is 20.0 Å². The van der Waals surface area contributed by atoms with Crippen molar-refractivity contribution in [2.24, 2.45) is 0 Å². The summed E-state index contributed by atoms with van der Waals surface area (Å²) in [5.74, 6) is -0.332. The number of nitrogens with zero attached hydrogens (tertiary/aromatic N) is 3. The topological polar surface area (TPSA) is 123 Å². The predicted molar refractivity (Wildman–Crippen MR) is 95.5 cm³/mol. The number of carbonyl (C=O) groups is 1. The van der Waals surface area contributed by atoms with Crippen LogP contribution in [0.2, 0.25) is 0 Å². The Morgan fingerprint density at radius 3 is 2.92 bits per heavy atom. The van der Waals surface area contributed by atoms with Gasteiger partial charge in [0.05, 0.1) is 17.9 Å². The molecular formula is C13H13N5O4S3. The molecule has 132 valence electrons. The van der Waals surface area contributed by atoms with Crippen LogP contribution >= 0.6 is 22.7 Å². The molecule has 0 atom stereocenters. The molecule has 0 saturated heterocycles. The molecule has 0 aliphatic rings. The zero-order valence-electron chi connectivity index (χ0n) is 12.9. The van der Waals surface area contributed by atoms with Crippen molar-refractivity contribution in [1.29, 1.82) is 0 Å². The summed E-state index contributed by atoms with van der Waals surface area (Å²) in [6.45, 7) is 1.48. The Balaban J connectivity index is 1.67. The summed E-state index contributed by atoms with van der Waals surface area (Å²) in [7, 11) is -3.77. The van der Waals surface area contributed by atoms with E-state index >= 15 is 0 Å². The molecule has 0 unspecified atom stereocenters. The van der Waals surface area contributed by atoms with E-state index in [1.807, 2.05) is 0 Å². The van der Waals surface area contributed by atoms with Crippen LogP contribution in [0.15, 0.2) is 33.0 Å². The Morgan fingerprint density at radius 1 is 1.36 bits per heavy atom. The SMILES string of the molecule is CC(=O)Nc1ncc(S(=O)(=O)NCCn2cnc3sccc3c2=O)s1. The van der Waals surface area contributed by atoms with Gasteiger partial charge in [0.1, 0.15) is 4.83 Å². The van der Waals surface area contributed by atoms with Gasteiger partial charge in [0, 0.05) is 20.0 Å². The molecule has 0 spiro atoms. The summed E-state index contributed by atoms with van der Waals surface area (Å²) in [5, 5.41) is 4.92. The lowest BCUT2D eigenvalue weighted by Gasteiger charge is -2.06. The van der Waals surface area contributed by atoms with Crippen LogP contribution in [0.3, 0.4) is 0 Å². The van der Waals surface area contributed by atoms with Crippen molar-refractivity contribution in [2.45, 2.75) is 17.7 Å². The number of fused-ring (bicyclic) bond motifs is 1. The summed E-state index contributed by atoms with van der Waals surface area (Å²) >= 11 is 2.22. The maximum absolute atomic E-state index is 12.2. The first-order valence-corrected chi connectivity index (χ1v) is 10.2. The van der Waals surface area contributed by atoms with Crippen molar-refractivity contribution in [3.63, 3.8) is 0 Å². The van der Waals surface area contributed by atoms with E-state index in [0.29, 0.717) is 10.2 Å². The lowest BCUT2D eigenvalue weighted by Crippen LogP contribution is -2.30. The molecule has 12 heteroatoms. The predicted octanol–water partition coefficient (Wildman–Crippen LogP) is 0.851. The fraction of sp³-hybridized carbons (Fsp3) is 0.231. The highest BCUT2D eigenvalue weighted by molar-refractivity contribution is 7.91. The molecular weight excluding hydrogens is 386 g/mol. The third-order valence-electron chi connectivity index (χ3n) is 3.13. The molecule has 0 aromatic carbocycles. The molecule has 9 nitrogen and oxygen atoms in total. The zero-order chi connectivity index (χ0) is 18.0. The van der Waals surface area contributed by atoms with Gasteiger partial charge in [0.2, 0.25) is 5.91 Å². The lowest BCUT2D eigenvalue weighted by molar-refractivity contribution is -0.114. The van der Waals surface area contributed by atoms with E-state index in [1.54, 1.807) is 11.4 Å². The quantitative estimate of drug-likeness (QED) is 0.633. The van der Waals surface area contributed by atoms with Crippen molar-refractivity contribution in [2.75, 3.05) is 11.9 Å². The average molecular weight is 399 g/mol. The van der Waals surface area contributed by atoms with Crippen LogP contribution in [0.25, 0.3) is 10.2 Å². The van der Waals surface area contributed by atoms with Crippen LogP contribution in [0.1, 0.15) is 6.92 Å². The van der Waals surface area contributed by atoms with Crippen LogP contribution in [-0.2, 0) is 21.4 Å². The number of rotatable bonds is 6. The molecule has 0 aliphatic carbocycles. The highest BCUT2D eigenvalue weighted by Crippen LogP contribution is 2.22. The number of anilines is 1. The van der Waals surface area contributed by atoms with Gasteiger partial charge in [0.25, 0.3) is 15.6 Å². The number of hydrogen-bond acceptors (Lipinski definition) is 8. The molecule has 3 rings (SSSR count). The van der Waals surface area contributed by atoms with Crippen LogP contribution in [0, 0.1) is 0 Å². The molecule has 3 aromatic rings. The van der Waals surface area contributed by atoms with Gasteiger partial charge in [-0.15, -0.1) is 11.3 Å². The Morgan fingerprint density at radius 2 is 2.16 bits per heavy atom. The molecule has 0 fully saturated rings. The Labute approximate surface area is 150 Å². The second-order valence-electron chi connectivity index (χ2n) is 4.95. The van der Waals surface area contributed by atoms with Crippen molar-refractivity contribution in [3.8, 4) is 0 Å². The Bertz CT molecular complexity index is 1080. The third-order valence-corrected chi connectivity index (χ3v) is 6.78. The lowest BCUT2D eigenvalue weighted by atomic mass is 10.4. The minimum atomic E-state index is -3.77. The zero-order valence-corrected chi connectivity index (χ0v) is 15.4. The van der Waals surface area contributed by atoms with Gasteiger partial charge in [0.15, 0.2) is 9.34 Å². The summed E-state index contributed by atoms with van der Waals surface area (Å²) in [5.41, 5.74) is -0.212. The first-order chi connectivity index (χ1) is 11.9. The summed E-state index contributed by atoms with van der Waals surface area (Å²) < 4.78 is 28.2. The van der Waals surface area contributed by atoms with Crippen molar-refractivity contribution >= 4 is 54.0 Å². The fourth-order valence-electron chi connectivity index (χ4n) is 2.02. The second kappa shape index (κ2) is 7.00. The van der Waals surface area contributed by atoms with Crippen LogP contribution < -0.4 is 15.6 Å². The Kier molecular flexibility index (Phi) is 4.94. The Hall–Kier alpha value is -2.15. The number of sulfonamides is 1. The smallest absolute Gasteiger partial charge is 0.262 e. The van der Waals surface area contributed by atoms with Crippen LogP contribution in [0.4, 0.5) is 5.13 Å². The minimum Gasteiger partial charge on any atom is -0.302 e. The summed E-state index contributed by atoms with van der Waals surface area (Å²) in [6, 6.07) is 1.69. The van der Waals surface area contributed by atoms with Crippen LogP contribution in [0.5, 0.6) is 0 Å². The molecule has 0 saturated carbocycles. The monoisotopic (exact) mass is 399 g/mol. The maximum Gasteiger partial charge on any atom is 0.262 e. The van der Waals surface area contributed by atoms with Crippen molar-refractivity contribution < 1.29 is 13.2 Å². The number of aromatic nitrogens is 3.